The molecule has 0 atom stereocenters. The average Bonchev–Trinajstić information content (AvgIpc) is 2.28. The molecular formula is C10H5Cl3N2O2. The van der Waals surface area contributed by atoms with Crippen molar-refractivity contribution in [3.8, 4) is 0 Å². The molecule has 1 aromatic heterocycles. The zero-order chi connectivity index (χ0) is 12.6. The average molecular weight is 292 g/mol. The van der Waals surface area contributed by atoms with Gasteiger partial charge in [0.25, 0.3) is 5.69 Å². The summed E-state index contributed by atoms with van der Waals surface area (Å²) in [7, 11) is 0. The monoisotopic (exact) mass is 290 g/mol. The van der Waals surface area contributed by atoms with Gasteiger partial charge >= 0.3 is 0 Å². The van der Waals surface area contributed by atoms with Crippen LogP contribution in [0, 0.1) is 10.1 Å². The molecule has 0 bridgehead atoms. The Kier molecular flexibility index (Phi) is 3.38. The maximum absolute atomic E-state index is 10.8. The summed E-state index contributed by atoms with van der Waals surface area (Å²) in [5, 5.41) is 11.8. The molecule has 0 aliphatic heterocycles. The Bertz CT molecular complexity index is 616. The summed E-state index contributed by atoms with van der Waals surface area (Å²) < 4.78 is 0. The summed E-state index contributed by atoms with van der Waals surface area (Å²) in [6.07, 6.45) is 0. The topological polar surface area (TPSA) is 56.0 Å². The maximum atomic E-state index is 10.8. The van der Waals surface area contributed by atoms with E-state index in [0.717, 1.165) is 0 Å². The molecule has 0 spiro atoms. The first-order valence-electron chi connectivity index (χ1n) is 4.52. The Balaban J connectivity index is 2.87. The van der Waals surface area contributed by atoms with Gasteiger partial charge in [-0.3, -0.25) is 10.1 Å². The highest BCUT2D eigenvalue weighted by molar-refractivity contribution is 6.36. The minimum absolute atomic E-state index is 0.132. The lowest BCUT2D eigenvalue weighted by Crippen LogP contribution is -1.94. The summed E-state index contributed by atoms with van der Waals surface area (Å²) in [4.78, 5) is 14.3. The van der Waals surface area contributed by atoms with Gasteiger partial charge in [0.05, 0.1) is 15.8 Å². The van der Waals surface area contributed by atoms with Crippen LogP contribution >= 0.6 is 34.8 Å². The second-order valence-corrected chi connectivity index (χ2v) is 4.32. The maximum Gasteiger partial charge on any atom is 0.295 e. The molecule has 4 nitrogen and oxygen atoms in total. The Morgan fingerprint density at radius 1 is 1.35 bits per heavy atom. The van der Waals surface area contributed by atoms with Crippen molar-refractivity contribution in [2.45, 2.75) is 5.88 Å². The number of nitrogens with zero attached hydrogens (tertiary/aromatic N) is 2. The molecule has 1 heterocycles. The fraction of sp³-hybridized carbons (Fsp3) is 0.100. The highest BCUT2D eigenvalue weighted by atomic mass is 35.5. The van der Waals surface area contributed by atoms with Crippen molar-refractivity contribution in [3.63, 3.8) is 0 Å². The normalized spacial score (nSPS) is 10.8. The van der Waals surface area contributed by atoms with Crippen LogP contribution in [0.2, 0.25) is 10.2 Å². The predicted molar refractivity (Wildman–Crippen MR) is 68.0 cm³/mol. The zero-order valence-electron chi connectivity index (χ0n) is 8.28. The van der Waals surface area contributed by atoms with E-state index in [9.17, 15) is 10.1 Å². The highest BCUT2D eigenvalue weighted by Crippen LogP contribution is 2.32. The van der Waals surface area contributed by atoms with E-state index in [-0.39, 0.29) is 22.2 Å². The fourth-order valence-corrected chi connectivity index (χ4v) is 2.16. The van der Waals surface area contributed by atoms with Gasteiger partial charge in [0.15, 0.2) is 5.52 Å². The first kappa shape index (κ1) is 12.4. The van der Waals surface area contributed by atoms with Crippen LogP contribution in [-0.4, -0.2) is 9.91 Å². The number of non-ortho nitro benzene ring substituents is 1. The number of fused-ring (bicyclic) bond motifs is 1. The van der Waals surface area contributed by atoms with E-state index in [1.54, 1.807) is 6.07 Å². The van der Waals surface area contributed by atoms with Gasteiger partial charge in [0.2, 0.25) is 0 Å². The van der Waals surface area contributed by atoms with Crippen LogP contribution in [0.5, 0.6) is 0 Å². The molecule has 0 fully saturated rings. The van der Waals surface area contributed by atoms with Crippen molar-refractivity contribution >= 4 is 51.4 Å². The molecule has 0 radical (unpaired) electrons. The number of nitro benzene ring substituents is 1. The van der Waals surface area contributed by atoms with Gasteiger partial charge in [-0.25, -0.2) is 4.98 Å². The number of benzene rings is 1. The van der Waals surface area contributed by atoms with Crippen LogP contribution in [0.4, 0.5) is 5.69 Å². The number of rotatable bonds is 2. The van der Waals surface area contributed by atoms with Crippen molar-refractivity contribution in [1.82, 2.24) is 4.98 Å². The zero-order valence-corrected chi connectivity index (χ0v) is 10.6. The lowest BCUT2D eigenvalue weighted by atomic mass is 10.1. The molecule has 0 aliphatic rings. The number of hydrogen-bond donors (Lipinski definition) is 0. The first-order valence-corrected chi connectivity index (χ1v) is 5.81. The minimum atomic E-state index is -0.525. The standard InChI is InChI=1S/C10H5Cl3N2O2/c11-4-5-3-6-7(12)1-2-8(15(16)17)9(6)14-10(5)13/h1-3H,4H2. The molecule has 0 N–H and O–H groups in total. The van der Waals surface area contributed by atoms with Crippen molar-refractivity contribution < 1.29 is 4.92 Å². The van der Waals surface area contributed by atoms with E-state index in [4.69, 9.17) is 34.8 Å². The number of aromatic nitrogens is 1. The second-order valence-electron chi connectivity index (χ2n) is 3.29. The summed E-state index contributed by atoms with van der Waals surface area (Å²) in [6, 6.07) is 4.37. The van der Waals surface area contributed by atoms with E-state index >= 15 is 0 Å². The van der Waals surface area contributed by atoms with E-state index in [1.807, 2.05) is 0 Å². The van der Waals surface area contributed by atoms with Crippen molar-refractivity contribution in [2.75, 3.05) is 0 Å². The minimum Gasteiger partial charge on any atom is -0.258 e. The molecule has 7 heteroatoms. The van der Waals surface area contributed by atoms with Gasteiger partial charge in [-0.15, -0.1) is 11.6 Å². The van der Waals surface area contributed by atoms with Crippen LogP contribution in [0.1, 0.15) is 5.56 Å². The third-order valence-electron chi connectivity index (χ3n) is 2.28. The number of hydrogen-bond acceptors (Lipinski definition) is 3. The quantitative estimate of drug-likeness (QED) is 0.361. The summed E-state index contributed by atoms with van der Waals surface area (Å²) in [5.74, 6) is 0.167. The van der Waals surface area contributed by atoms with Crippen LogP contribution < -0.4 is 0 Å². The number of pyridine rings is 1. The molecule has 17 heavy (non-hydrogen) atoms. The molecule has 2 rings (SSSR count). The summed E-state index contributed by atoms with van der Waals surface area (Å²) in [6.45, 7) is 0. The van der Waals surface area contributed by atoms with E-state index in [0.29, 0.717) is 16.0 Å². The van der Waals surface area contributed by atoms with E-state index in [1.165, 1.54) is 12.1 Å². The van der Waals surface area contributed by atoms with Crippen LogP contribution in [0.3, 0.4) is 0 Å². The Hall–Kier alpha value is -1.10. The molecule has 0 aliphatic carbocycles. The van der Waals surface area contributed by atoms with Gasteiger partial charge < -0.3 is 0 Å². The van der Waals surface area contributed by atoms with Gasteiger partial charge in [-0.2, -0.15) is 0 Å². The molecule has 0 saturated carbocycles. The van der Waals surface area contributed by atoms with Crippen molar-refractivity contribution in [2.24, 2.45) is 0 Å². The lowest BCUT2D eigenvalue weighted by Gasteiger charge is -2.05. The second kappa shape index (κ2) is 4.64. The third-order valence-corrected chi connectivity index (χ3v) is 3.22. The molecule has 0 unspecified atom stereocenters. The van der Waals surface area contributed by atoms with Crippen LogP contribution in [0.25, 0.3) is 10.9 Å². The summed E-state index contributed by atoms with van der Waals surface area (Å²) >= 11 is 17.5. The van der Waals surface area contributed by atoms with Crippen LogP contribution in [0.15, 0.2) is 18.2 Å². The smallest absolute Gasteiger partial charge is 0.258 e. The van der Waals surface area contributed by atoms with Gasteiger partial charge in [0.1, 0.15) is 5.15 Å². The first-order chi connectivity index (χ1) is 8.04. The summed E-state index contributed by atoms with van der Waals surface area (Å²) in [5.41, 5.74) is 0.622. The molecule has 0 amide bonds. The SMILES string of the molecule is O=[N+]([O-])c1ccc(Cl)c2cc(CCl)c(Cl)nc12. The third kappa shape index (κ3) is 2.16. The molecule has 1 aromatic carbocycles. The van der Waals surface area contributed by atoms with Gasteiger partial charge in [-0.1, -0.05) is 23.2 Å². The molecule has 88 valence electrons. The molecule has 0 saturated heterocycles. The van der Waals surface area contributed by atoms with E-state index in [2.05, 4.69) is 4.98 Å². The van der Waals surface area contributed by atoms with Crippen LogP contribution in [-0.2, 0) is 5.88 Å². The highest BCUT2D eigenvalue weighted by Gasteiger charge is 2.17. The largest absolute Gasteiger partial charge is 0.295 e. The van der Waals surface area contributed by atoms with Crippen molar-refractivity contribution in [1.29, 1.82) is 0 Å². The Morgan fingerprint density at radius 3 is 2.65 bits per heavy atom. The predicted octanol–water partition coefficient (Wildman–Crippen LogP) is 4.19. The van der Waals surface area contributed by atoms with Crippen molar-refractivity contribution in [3.05, 3.63) is 44.1 Å². The molecular weight excluding hydrogens is 286 g/mol. The Labute approximate surface area is 111 Å². The Morgan fingerprint density at radius 2 is 2.06 bits per heavy atom. The van der Waals surface area contributed by atoms with Gasteiger partial charge in [-0.05, 0) is 12.1 Å². The fourth-order valence-electron chi connectivity index (χ4n) is 1.47. The van der Waals surface area contributed by atoms with E-state index < -0.39 is 4.92 Å². The molecule has 2 aromatic rings. The number of nitro groups is 1. The number of halogens is 3. The lowest BCUT2D eigenvalue weighted by molar-refractivity contribution is -0.383. The van der Waals surface area contributed by atoms with Gasteiger partial charge in [0, 0.05) is 17.0 Å². The number of alkyl halides is 1.